The van der Waals surface area contributed by atoms with Crippen molar-refractivity contribution in [1.29, 1.82) is 0 Å². The van der Waals surface area contributed by atoms with Gasteiger partial charge in [-0.1, -0.05) is 36.4 Å². The van der Waals surface area contributed by atoms with Gasteiger partial charge in [0.1, 0.15) is 0 Å². The van der Waals surface area contributed by atoms with E-state index in [-0.39, 0.29) is 0 Å². The summed E-state index contributed by atoms with van der Waals surface area (Å²) in [6.07, 6.45) is 4.80. The van der Waals surface area contributed by atoms with Gasteiger partial charge in [-0.2, -0.15) is 0 Å². The van der Waals surface area contributed by atoms with Gasteiger partial charge in [-0.3, -0.25) is 0 Å². The van der Waals surface area contributed by atoms with Gasteiger partial charge in [0.05, 0.1) is 6.67 Å². The molecule has 0 radical (unpaired) electrons. The number of hydrogen-bond acceptors (Lipinski definition) is 2. The summed E-state index contributed by atoms with van der Waals surface area (Å²) in [5, 5.41) is 6.14. The van der Waals surface area contributed by atoms with Gasteiger partial charge in [0.25, 0.3) is 0 Å². The smallest absolute Gasteiger partial charge is 0.0880 e. The Labute approximate surface area is 114 Å². The van der Waals surface area contributed by atoms with Crippen molar-refractivity contribution in [2.45, 2.75) is 6.42 Å². The van der Waals surface area contributed by atoms with Crippen LogP contribution in [0.3, 0.4) is 0 Å². The Bertz CT molecular complexity index is 643. The highest BCUT2D eigenvalue weighted by molar-refractivity contribution is 6.06. The molecule has 0 aromatic heterocycles. The van der Waals surface area contributed by atoms with Gasteiger partial charge in [-0.25, -0.2) is 0 Å². The number of nitrogens with one attached hydrogen (secondary N) is 1. The molecule has 1 aliphatic heterocycles. The Morgan fingerprint density at radius 3 is 2.84 bits per heavy atom. The monoisotopic (exact) mass is 250 g/mol. The summed E-state index contributed by atoms with van der Waals surface area (Å²) in [5.74, 6) is 0. The highest BCUT2D eigenvalue weighted by Gasteiger charge is 2.19. The number of benzene rings is 2. The minimum Gasteiger partial charge on any atom is -0.367 e. The van der Waals surface area contributed by atoms with E-state index in [0.717, 1.165) is 19.6 Å². The number of nitrogens with zero attached hydrogens (tertiary/aromatic N) is 1. The summed E-state index contributed by atoms with van der Waals surface area (Å²) in [7, 11) is 0. The second kappa shape index (κ2) is 4.81. The maximum atomic E-state index is 3.84. The first-order chi connectivity index (χ1) is 9.35. The first kappa shape index (κ1) is 11.8. The van der Waals surface area contributed by atoms with Crippen molar-refractivity contribution >= 4 is 22.1 Å². The lowest BCUT2D eigenvalue weighted by Gasteiger charge is -2.32. The second-order valence-corrected chi connectivity index (χ2v) is 4.81. The van der Waals surface area contributed by atoms with Gasteiger partial charge >= 0.3 is 0 Å². The molecule has 1 N–H and O–H groups in total. The maximum Gasteiger partial charge on any atom is 0.0880 e. The van der Waals surface area contributed by atoms with E-state index < -0.39 is 0 Å². The zero-order valence-electron chi connectivity index (χ0n) is 11.0. The normalized spacial score (nSPS) is 13.2. The molecule has 0 amide bonds. The molecule has 0 aliphatic carbocycles. The van der Waals surface area contributed by atoms with E-state index in [1.54, 1.807) is 0 Å². The van der Waals surface area contributed by atoms with Crippen LogP contribution in [0, 0.1) is 0 Å². The Kier molecular flexibility index (Phi) is 3.00. The quantitative estimate of drug-likeness (QED) is 0.827. The van der Waals surface area contributed by atoms with Crippen LogP contribution in [0.1, 0.15) is 5.56 Å². The van der Waals surface area contributed by atoms with Crippen molar-refractivity contribution in [3.8, 4) is 0 Å². The molecule has 2 aromatic carbocycles. The topological polar surface area (TPSA) is 15.3 Å². The van der Waals surface area contributed by atoms with Crippen molar-refractivity contribution in [3.05, 3.63) is 61.2 Å². The van der Waals surface area contributed by atoms with E-state index in [0.29, 0.717) is 0 Å². The van der Waals surface area contributed by atoms with Crippen LogP contribution in [0.2, 0.25) is 0 Å². The van der Waals surface area contributed by atoms with Crippen molar-refractivity contribution in [3.63, 3.8) is 0 Å². The van der Waals surface area contributed by atoms with Crippen molar-refractivity contribution < 1.29 is 0 Å². The van der Waals surface area contributed by atoms with E-state index in [9.17, 15) is 0 Å². The summed E-state index contributed by atoms with van der Waals surface area (Å²) in [6, 6.07) is 10.9. The molecule has 3 rings (SSSR count). The summed E-state index contributed by atoms with van der Waals surface area (Å²) >= 11 is 0. The van der Waals surface area contributed by atoms with Gasteiger partial charge in [0.2, 0.25) is 0 Å². The van der Waals surface area contributed by atoms with Gasteiger partial charge in [-0.05, 0) is 23.4 Å². The predicted molar refractivity (Wildman–Crippen MR) is 83.9 cm³/mol. The standard InChI is InChI=1S/C17H18N2/c1-3-6-14-10-9-13-7-5-8-15-16(13)17(14)18-12-19(15)11-4-2/h3-5,7-10,18H,1-2,6,11-12H2. The lowest BCUT2D eigenvalue weighted by Crippen LogP contribution is -2.32. The van der Waals surface area contributed by atoms with E-state index >= 15 is 0 Å². The third-order valence-corrected chi connectivity index (χ3v) is 3.61. The van der Waals surface area contributed by atoms with Crippen LogP contribution in [0.25, 0.3) is 10.8 Å². The molecule has 1 aliphatic rings. The summed E-state index contributed by atoms with van der Waals surface area (Å²) in [5.41, 5.74) is 3.86. The van der Waals surface area contributed by atoms with Crippen LogP contribution in [-0.2, 0) is 6.42 Å². The van der Waals surface area contributed by atoms with Crippen LogP contribution in [0.4, 0.5) is 11.4 Å². The summed E-state index contributed by atoms with van der Waals surface area (Å²) in [4.78, 5) is 2.31. The fourth-order valence-corrected chi connectivity index (χ4v) is 2.77. The third kappa shape index (κ3) is 1.89. The second-order valence-electron chi connectivity index (χ2n) is 4.81. The fourth-order valence-electron chi connectivity index (χ4n) is 2.77. The molecular formula is C17H18N2. The van der Waals surface area contributed by atoms with E-state index in [1.807, 2.05) is 12.2 Å². The molecule has 0 saturated carbocycles. The van der Waals surface area contributed by atoms with Crippen molar-refractivity contribution in [2.24, 2.45) is 0 Å². The highest BCUT2D eigenvalue weighted by atomic mass is 15.2. The van der Waals surface area contributed by atoms with Crippen molar-refractivity contribution in [1.82, 2.24) is 0 Å². The fraction of sp³-hybridized carbons (Fsp3) is 0.176. The van der Waals surface area contributed by atoms with E-state index in [4.69, 9.17) is 0 Å². The molecule has 2 heteroatoms. The van der Waals surface area contributed by atoms with E-state index in [2.05, 4.69) is 53.7 Å². The molecule has 0 fully saturated rings. The minimum absolute atomic E-state index is 0.826. The summed E-state index contributed by atoms with van der Waals surface area (Å²) < 4.78 is 0. The van der Waals surface area contributed by atoms with Gasteiger partial charge in [0, 0.05) is 23.3 Å². The van der Waals surface area contributed by atoms with Crippen LogP contribution < -0.4 is 10.2 Å². The minimum atomic E-state index is 0.826. The lowest BCUT2D eigenvalue weighted by molar-refractivity contribution is 0.908. The number of anilines is 2. The van der Waals surface area contributed by atoms with E-state index in [1.165, 1.54) is 27.7 Å². The van der Waals surface area contributed by atoms with Crippen LogP contribution in [0.5, 0.6) is 0 Å². The molecule has 0 atom stereocenters. The van der Waals surface area contributed by atoms with Crippen LogP contribution >= 0.6 is 0 Å². The zero-order valence-corrected chi connectivity index (χ0v) is 11.0. The predicted octanol–water partition coefficient (Wildman–Crippen LogP) is 3.94. The first-order valence-corrected chi connectivity index (χ1v) is 6.60. The Balaban J connectivity index is 2.25. The number of hydrogen-bond donors (Lipinski definition) is 1. The average Bonchev–Trinajstić information content (AvgIpc) is 2.44. The molecule has 2 nitrogen and oxygen atoms in total. The maximum absolute atomic E-state index is 3.84. The Morgan fingerprint density at radius 1 is 1.16 bits per heavy atom. The zero-order chi connectivity index (χ0) is 13.2. The van der Waals surface area contributed by atoms with Crippen molar-refractivity contribution in [2.75, 3.05) is 23.4 Å². The molecule has 1 heterocycles. The molecule has 2 aromatic rings. The Morgan fingerprint density at radius 2 is 2.05 bits per heavy atom. The molecule has 0 saturated heterocycles. The van der Waals surface area contributed by atoms with Crippen LogP contribution in [0.15, 0.2) is 55.6 Å². The van der Waals surface area contributed by atoms with Gasteiger partial charge < -0.3 is 10.2 Å². The SMILES string of the molecule is C=CCc1ccc2cccc3c2c1NCN3CC=C. The molecule has 19 heavy (non-hydrogen) atoms. The third-order valence-electron chi connectivity index (χ3n) is 3.61. The average molecular weight is 250 g/mol. The van der Waals surface area contributed by atoms with Gasteiger partial charge in [-0.15, -0.1) is 13.2 Å². The largest absolute Gasteiger partial charge is 0.367 e. The van der Waals surface area contributed by atoms with Crippen LogP contribution in [-0.4, -0.2) is 13.2 Å². The summed E-state index contributed by atoms with van der Waals surface area (Å²) in [6.45, 7) is 9.37. The Hall–Kier alpha value is -2.22. The highest BCUT2D eigenvalue weighted by Crippen LogP contribution is 2.38. The molecule has 96 valence electrons. The number of allylic oxidation sites excluding steroid dienone is 1. The number of rotatable bonds is 4. The molecule has 0 bridgehead atoms. The molecule has 0 unspecified atom stereocenters. The molecule has 0 spiro atoms. The molecular weight excluding hydrogens is 232 g/mol. The lowest BCUT2D eigenvalue weighted by atomic mass is 9.98. The first-order valence-electron chi connectivity index (χ1n) is 6.60. The van der Waals surface area contributed by atoms with Gasteiger partial charge in [0.15, 0.2) is 0 Å².